The second kappa shape index (κ2) is 5.17. The van der Waals surface area contributed by atoms with Crippen molar-refractivity contribution in [1.82, 2.24) is 10.2 Å². The molecule has 1 heterocycles. The Balaban J connectivity index is 0.000000221. The van der Waals surface area contributed by atoms with Gasteiger partial charge in [0.15, 0.2) is 5.15 Å². The van der Waals surface area contributed by atoms with Crippen LogP contribution in [0.4, 0.5) is 0 Å². The van der Waals surface area contributed by atoms with E-state index in [-0.39, 0.29) is 0 Å². The Labute approximate surface area is 96.5 Å². The lowest BCUT2D eigenvalue weighted by atomic mass is 10.2. The third-order valence-corrected chi connectivity index (χ3v) is 1.80. The molecule has 0 atom stereocenters. The Kier molecular flexibility index (Phi) is 4.13. The SMILES string of the molecule is Clc1nncc2ccccc12.O=S(=O)(O)O. The molecule has 16 heavy (non-hydrogen) atoms. The second-order valence-electron chi connectivity index (χ2n) is 2.67. The molecule has 0 aliphatic heterocycles. The summed E-state index contributed by atoms with van der Waals surface area (Å²) >= 11 is 5.78. The molecule has 2 N–H and O–H groups in total. The molecule has 0 aliphatic carbocycles. The Morgan fingerprint density at radius 3 is 2.31 bits per heavy atom. The molecule has 2 rings (SSSR count). The van der Waals surface area contributed by atoms with E-state index in [1.54, 1.807) is 6.20 Å². The van der Waals surface area contributed by atoms with Gasteiger partial charge in [-0.15, -0.1) is 5.10 Å². The van der Waals surface area contributed by atoms with Gasteiger partial charge in [0.2, 0.25) is 0 Å². The molecule has 0 unspecified atom stereocenters. The third kappa shape index (κ3) is 4.49. The lowest BCUT2D eigenvalue weighted by Crippen LogP contribution is -1.89. The Morgan fingerprint density at radius 1 is 1.19 bits per heavy atom. The lowest BCUT2D eigenvalue weighted by molar-refractivity contribution is 0.381. The van der Waals surface area contributed by atoms with Crippen molar-refractivity contribution in [3.8, 4) is 0 Å². The van der Waals surface area contributed by atoms with Crippen LogP contribution in [-0.2, 0) is 10.4 Å². The van der Waals surface area contributed by atoms with Gasteiger partial charge in [0.25, 0.3) is 0 Å². The maximum Gasteiger partial charge on any atom is 0.394 e. The van der Waals surface area contributed by atoms with E-state index in [1.165, 1.54) is 0 Å². The first-order valence-corrected chi connectivity index (χ1v) is 5.71. The van der Waals surface area contributed by atoms with Crippen LogP contribution in [0, 0.1) is 0 Å². The molecule has 0 bridgehead atoms. The molecule has 1 aromatic heterocycles. The van der Waals surface area contributed by atoms with Gasteiger partial charge >= 0.3 is 10.4 Å². The van der Waals surface area contributed by atoms with Gasteiger partial charge in [-0.1, -0.05) is 35.9 Å². The standard InChI is InChI=1S/C8H5ClN2.H2O4S/c9-8-7-4-2-1-3-6(7)5-10-11-8;1-5(2,3)4/h1-5H;(H2,1,2,3,4). The van der Waals surface area contributed by atoms with Crippen LogP contribution in [0.15, 0.2) is 30.5 Å². The average molecular weight is 263 g/mol. The van der Waals surface area contributed by atoms with Gasteiger partial charge in [-0.2, -0.15) is 13.5 Å². The maximum atomic E-state index is 8.74. The second-order valence-corrected chi connectivity index (χ2v) is 3.92. The molecule has 0 amide bonds. The van der Waals surface area contributed by atoms with Crippen LogP contribution < -0.4 is 0 Å². The number of rotatable bonds is 0. The van der Waals surface area contributed by atoms with Gasteiger partial charge in [0.1, 0.15) is 0 Å². The molecular formula is C8H7ClN2O4S. The molecular weight excluding hydrogens is 256 g/mol. The largest absolute Gasteiger partial charge is 0.394 e. The summed E-state index contributed by atoms with van der Waals surface area (Å²) in [5.74, 6) is 0. The number of aromatic nitrogens is 2. The van der Waals surface area contributed by atoms with Gasteiger partial charge in [-0.05, 0) is 0 Å². The van der Waals surface area contributed by atoms with Crippen molar-refractivity contribution in [2.75, 3.05) is 0 Å². The molecule has 8 heteroatoms. The van der Waals surface area contributed by atoms with Crippen molar-refractivity contribution < 1.29 is 17.5 Å². The highest BCUT2D eigenvalue weighted by Gasteiger charge is 1.96. The summed E-state index contributed by atoms with van der Waals surface area (Å²) in [6.45, 7) is 0. The van der Waals surface area contributed by atoms with Crippen LogP contribution in [0.3, 0.4) is 0 Å². The van der Waals surface area contributed by atoms with Crippen LogP contribution in [0.1, 0.15) is 0 Å². The molecule has 0 saturated carbocycles. The molecule has 0 saturated heterocycles. The van der Waals surface area contributed by atoms with E-state index in [9.17, 15) is 0 Å². The van der Waals surface area contributed by atoms with Gasteiger partial charge in [0, 0.05) is 10.8 Å². The summed E-state index contributed by atoms with van der Waals surface area (Å²) < 4.78 is 31.6. The zero-order valence-corrected chi connectivity index (χ0v) is 9.35. The van der Waals surface area contributed by atoms with Gasteiger partial charge in [0.05, 0.1) is 6.20 Å². The summed E-state index contributed by atoms with van der Waals surface area (Å²) in [5.41, 5.74) is 0. The van der Waals surface area contributed by atoms with E-state index < -0.39 is 10.4 Å². The highest BCUT2D eigenvalue weighted by Crippen LogP contribution is 2.18. The van der Waals surface area contributed by atoms with Crippen molar-refractivity contribution in [2.24, 2.45) is 0 Å². The quantitative estimate of drug-likeness (QED) is 0.700. The summed E-state index contributed by atoms with van der Waals surface area (Å²) in [6.07, 6.45) is 1.70. The molecule has 0 fully saturated rings. The number of hydrogen-bond acceptors (Lipinski definition) is 4. The monoisotopic (exact) mass is 262 g/mol. The van der Waals surface area contributed by atoms with Crippen molar-refractivity contribution in [3.05, 3.63) is 35.6 Å². The average Bonchev–Trinajstić information content (AvgIpc) is 2.16. The Morgan fingerprint density at radius 2 is 1.75 bits per heavy atom. The topological polar surface area (TPSA) is 100 Å². The Hall–Kier alpha value is -1.28. The number of benzene rings is 1. The highest BCUT2D eigenvalue weighted by atomic mass is 35.5. The fourth-order valence-electron chi connectivity index (χ4n) is 0.993. The minimum Gasteiger partial charge on any atom is -0.264 e. The lowest BCUT2D eigenvalue weighted by Gasteiger charge is -1.95. The van der Waals surface area contributed by atoms with Crippen molar-refractivity contribution >= 4 is 32.8 Å². The first-order valence-electron chi connectivity index (χ1n) is 3.94. The van der Waals surface area contributed by atoms with Crippen LogP contribution >= 0.6 is 11.6 Å². The van der Waals surface area contributed by atoms with E-state index in [4.69, 9.17) is 29.1 Å². The van der Waals surface area contributed by atoms with E-state index in [2.05, 4.69) is 10.2 Å². The molecule has 0 spiro atoms. The van der Waals surface area contributed by atoms with Crippen molar-refractivity contribution in [3.63, 3.8) is 0 Å². The Bertz CT molecular complexity index is 574. The summed E-state index contributed by atoms with van der Waals surface area (Å²) in [4.78, 5) is 0. The number of nitrogens with zero attached hydrogens (tertiary/aromatic N) is 2. The van der Waals surface area contributed by atoms with E-state index in [1.807, 2.05) is 24.3 Å². The number of fused-ring (bicyclic) bond motifs is 1. The zero-order valence-electron chi connectivity index (χ0n) is 7.78. The first-order chi connectivity index (χ1) is 7.38. The normalized spacial score (nSPS) is 10.7. The maximum absolute atomic E-state index is 8.74. The van der Waals surface area contributed by atoms with Crippen molar-refractivity contribution in [1.29, 1.82) is 0 Å². The van der Waals surface area contributed by atoms with Crippen LogP contribution in [0.25, 0.3) is 10.8 Å². The van der Waals surface area contributed by atoms with Gasteiger partial charge < -0.3 is 0 Å². The summed E-state index contributed by atoms with van der Waals surface area (Å²) in [5, 5.41) is 9.88. The molecule has 0 radical (unpaired) electrons. The predicted molar refractivity (Wildman–Crippen MR) is 58.7 cm³/mol. The minimum atomic E-state index is -4.67. The number of hydrogen-bond donors (Lipinski definition) is 2. The summed E-state index contributed by atoms with van der Waals surface area (Å²) in [6, 6.07) is 7.75. The fraction of sp³-hybridized carbons (Fsp3) is 0. The number of halogens is 1. The molecule has 0 aliphatic rings. The minimum absolute atomic E-state index is 0.461. The van der Waals surface area contributed by atoms with Crippen LogP contribution in [-0.4, -0.2) is 27.7 Å². The van der Waals surface area contributed by atoms with Crippen molar-refractivity contribution in [2.45, 2.75) is 0 Å². The smallest absolute Gasteiger partial charge is 0.264 e. The third-order valence-electron chi connectivity index (χ3n) is 1.53. The highest BCUT2D eigenvalue weighted by molar-refractivity contribution is 7.79. The molecule has 86 valence electrons. The predicted octanol–water partition coefficient (Wildman–Crippen LogP) is 1.63. The summed E-state index contributed by atoms with van der Waals surface area (Å²) in [7, 11) is -4.67. The molecule has 1 aromatic carbocycles. The molecule has 2 aromatic rings. The van der Waals surface area contributed by atoms with Gasteiger partial charge in [-0.25, -0.2) is 0 Å². The molecule has 6 nitrogen and oxygen atoms in total. The van der Waals surface area contributed by atoms with Crippen LogP contribution in [0.2, 0.25) is 5.15 Å². The fourth-order valence-corrected chi connectivity index (χ4v) is 1.21. The van der Waals surface area contributed by atoms with E-state index >= 15 is 0 Å². The van der Waals surface area contributed by atoms with E-state index in [0.717, 1.165) is 10.8 Å². The van der Waals surface area contributed by atoms with Gasteiger partial charge in [-0.3, -0.25) is 9.11 Å². The first kappa shape index (κ1) is 12.8. The van der Waals surface area contributed by atoms with E-state index in [0.29, 0.717) is 5.15 Å². The zero-order chi connectivity index (χ0) is 12.2. The van der Waals surface area contributed by atoms with Crippen LogP contribution in [0.5, 0.6) is 0 Å².